The highest BCUT2D eigenvalue weighted by atomic mass is 16.7. The molecule has 8 fully saturated rings. The molecule has 0 bridgehead atoms. The number of esters is 1. The van der Waals surface area contributed by atoms with Crippen molar-refractivity contribution in [1.29, 1.82) is 0 Å². The van der Waals surface area contributed by atoms with Gasteiger partial charge in [-0.05, 0) is 122 Å². The maximum absolute atomic E-state index is 15.0. The summed E-state index contributed by atoms with van der Waals surface area (Å²) in [6, 6.07) is 0. The number of carbonyl (C=O) groups excluding carboxylic acids is 1. The second-order valence-electron chi connectivity index (χ2n) is 23.0. The molecule has 0 aromatic carbocycles. The van der Waals surface area contributed by atoms with Crippen molar-refractivity contribution in [2.45, 2.75) is 204 Å². The van der Waals surface area contributed by atoms with Gasteiger partial charge in [0.15, 0.2) is 12.6 Å². The Morgan fingerprint density at radius 1 is 0.591 bits per heavy atom. The van der Waals surface area contributed by atoms with Gasteiger partial charge in [-0.1, -0.05) is 46.8 Å². The molecule has 0 spiro atoms. The zero-order valence-corrected chi connectivity index (χ0v) is 39.3. The van der Waals surface area contributed by atoms with Gasteiger partial charge in [0.2, 0.25) is 6.29 Å². The Kier molecular flexibility index (Phi) is 14.1. The fourth-order valence-electron chi connectivity index (χ4n) is 15.8. The molecular weight excluding hydrogens is 865 g/mol. The van der Waals surface area contributed by atoms with Crippen LogP contribution in [0.5, 0.6) is 0 Å². The van der Waals surface area contributed by atoms with E-state index in [1.165, 1.54) is 0 Å². The minimum Gasteiger partial charge on any atom is -0.432 e. The van der Waals surface area contributed by atoms with Crippen molar-refractivity contribution in [3.63, 3.8) is 0 Å². The predicted octanol–water partition coefficient (Wildman–Crippen LogP) is -0.00360. The number of aliphatic hydroxyl groups excluding tert-OH is 11. The van der Waals surface area contributed by atoms with Crippen LogP contribution in [0.15, 0.2) is 12.2 Å². The van der Waals surface area contributed by atoms with Gasteiger partial charge in [-0.3, -0.25) is 4.79 Å². The average molecular weight is 943 g/mol. The van der Waals surface area contributed by atoms with E-state index in [1.54, 1.807) is 0 Å². The fraction of sp³-hybridized carbons (Fsp3) is 0.938. The highest BCUT2D eigenvalue weighted by Gasteiger charge is 2.73. The van der Waals surface area contributed by atoms with Crippen LogP contribution in [0.2, 0.25) is 0 Å². The molecule has 5 saturated carbocycles. The molecule has 8 rings (SSSR count). The highest BCUT2D eigenvalue weighted by Crippen LogP contribution is 2.78. The van der Waals surface area contributed by atoms with E-state index >= 15 is 0 Å². The molecule has 0 radical (unpaired) electrons. The van der Waals surface area contributed by atoms with Crippen LogP contribution >= 0.6 is 0 Å². The standard InChI is InChI=1S/C48H78O18/c1-21(2)22-10-15-48(43(60)66-42-39(59)36(56)33(53)26(64-42)20-61-40-37(57)34(54)31(51)24(18-49)62-40)17-16-46(6)23(30(22)48)8-9-28-45(5)13-12-29(44(3,4)27(45)11-14-47(28,46)7)65-41-38(58)35(55)32(52)25(19-50)63-41/h22-42,49-59H,1,8-20H2,2-7H3/t22-,23+,24+,25+,26+,27-,28+,29-,30-,31+,32+,33+,34-,35-,36-,37+,38+,39+,40+,41-,42-,45-,46+,47+,48-/m0/s1. The van der Waals surface area contributed by atoms with E-state index in [0.717, 1.165) is 50.5 Å². The minimum absolute atomic E-state index is 0.0347. The summed E-state index contributed by atoms with van der Waals surface area (Å²) in [5, 5.41) is 115. The number of carbonyl (C=O) groups is 1. The number of allylic oxidation sites excluding steroid dienone is 1. The van der Waals surface area contributed by atoms with Crippen molar-refractivity contribution < 1.29 is 89.4 Å². The van der Waals surface area contributed by atoms with Crippen LogP contribution in [0, 0.1) is 56.7 Å². The Morgan fingerprint density at radius 3 is 1.76 bits per heavy atom. The van der Waals surface area contributed by atoms with E-state index in [9.17, 15) is 61.0 Å². The number of aliphatic hydroxyl groups is 11. The van der Waals surface area contributed by atoms with Crippen LogP contribution in [0.25, 0.3) is 0 Å². The topological polar surface area (TPSA) is 295 Å². The number of fused-ring (bicyclic) bond motifs is 7. The Balaban J connectivity index is 0.993. The molecule has 0 amide bonds. The van der Waals surface area contributed by atoms with Crippen LogP contribution in [-0.2, 0) is 33.2 Å². The average Bonchev–Trinajstić information content (AvgIpc) is 3.68. The summed E-state index contributed by atoms with van der Waals surface area (Å²) >= 11 is 0. The van der Waals surface area contributed by atoms with E-state index in [-0.39, 0.29) is 51.4 Å². The molecule has 3 heterocycles. The molecule has 18 heteroatoms. The van der Waals surface area contributed by atoms with Crippen molar-refractivity contribution in [1.82, 2.24) is 0 Å². The Bertz CT molecular complexity index is 1760. The van der Waals surface area contributed by atoms with E-state index in [4.69, 9.17) is 28.4 Å². The van der Waals surface area contributed by atoms with E-state index in [2.05, 4.69) is 41.2 Å². The lowest BCUT2D eigenvalue weighted by Crippen LogP contribution is -2.68. The Morgan fingerprint density at radius 2 is 1.15 bits per heavy atom. The second-order valence-corrected chi connectivity index (χ2v) is 23.0. The smallest absolute Gasteiger partial charge is 0.314 e. The molecular formula is C48H78O18. The molecule has 378 valence electrons. The molecule has 5 aliphatic carbocycles. The van der Waals surface area contributed by atoms with Gasteiger partial charge in [0, 0.05) is 0 Å². The van der Waals surface area contributed by atoms with E-state index in [1.807, 2.05) is 6.92 Å². The Hall–Kier alpha value is -1.43. The predicted molar refractivity (Wildman–Crippen MR) is 230 cm³/mol. The Labute approximate surface area is 387 Å². The van der Waals surface area contributed by atoms with E-state index in [0.29, 0.717) is 25.2 Å². The van der Waals surface area contributed by atoms with Crippen molar-refractivity contribution in [2.75, 3.05) is 19.8 Å². The number of hydrogen-bond donors (Lipinski definition) is 11. The lowest BCUT2D eigenvalue weighted by atomic mass is 9.32. The fourth-order valence-corrected chi connectivity index (χ4v) is 15.8. The zero-order chi connectivity index (χ0) is 48.2. The van der Waals surface area contributed by atoms with E-state index < -0.39 is 123 Å². The SMILES string of the molecule is C=C(C)[C@@H]1CC[C@]2(C(=O)O[C@@H]3O[C@H](CO[C@@H]4O[C@H](CO)[C@@H](O)[C@H](O)[C@H]4O)[C@@H](O)[C@H](O)[C@H]3O)CC[C@]3(C)[C@H](CC[C@@H]4[C@@]5(C)CC[C@H](O[C@@H]6O[C@H](CO)[C@@H](O)[C@H](O)[C@H]6O)C(C)(C)[C@@H]5CC[C@]43C)[C@H]12. The van der Waals surface area contributed by atoms with Crippen LogP contribution in [0.3, 0.4) is 0 Å². The molecule has 25 atom stereocenters. The number of ether oxygens (including phenoxy) is 6. The molecule has 3 aliphatic heterocycles. The quantitative estimate of drug-likeness (QED) is 0.0781. The third kappa shape index (κ3) is 7.78. The maximum Gasteiger partial charge on any atom is 0.314 e. The number of hydrogen-bond acceptors (Lipinski definition) is 18. The lowest BCUT2D eigenvalue weighted by Gasteiger charge is -2.73. The molecule has 66 heavy (non-hydrogen) atoms. The van der Waals surface area contributed by atoms with Gasteiger partial charge < -0.3 is 84.6 Å². The normalized spacial score (nSPS) is 54.6. The summed E-state index contributed by atoms with van der Waals surface area (Å²) in [4.78, 5) is 15.0. The summed E-state index contributed by atoms with van der Waals surface area (Å²) in [7, 11) is 0. The second kappa shape index (κ2) is 18.3. The first kappa shape index (κ1) is 50.9. The van der Waals surface area contributed by atoms with Crippen LogP contribution in [-0.4, -0.2) is 180 Å². The minimum atomic E-state index is -1.80. The first-order chi connectivity index (χ1) is 30.9. The van der Waals surface area contributed by atoms with Crippen molar-refractivity contribution in [3.8, 4) is 0 Å². The van der Waals surface area contributed by atoms with Gasteiger partial charge in [-0.2, -0.15) is 0 Å². The van der Waals surface area contributed by atoms with Gasteiger partial charge in [-0.15, -0.1) is 0 Å². The van der Waals surface area contributed by atoms with Crippen molar-refractivity contribution in [3.05, 3.63) is 12.2 Å². The molecule has 0 aromatic heterocycles. The highest BCUT2D eigenvalue weighted by molar-refractivity contribution is 5.78. The molecule has 0 unspecified atom stereocenters. The van der Waals surface area contributed by atoms with Gasteiger partial charge in [0.1, 0.15) is 73.2 Å². The van der Waals surface area contributed by atoms with Gasteiger partial charge in [0.25, 0.3) is 0 Å². The maximum atomic E-state index is 15.0. The molecule has 0 aromatic rings. The third-order valence-corrected chi connectivity index (χ3v) is 19.7. The largest absolute Gasteiger partial charge is 0.432 e. The van der Waals surface area contributed by atoms with Gasteiger partial charge >= 0.3 is 5.97 Å². The zero-order valence-electron chi connectivity index (χ0n) is 39.3. The first-order valence-electron chi connectivity index (χ1n) is 24.4. The summed E-state index contributed by atoms with van der Waals surface area (Å²) in [5.74, 6) is 0.107. The van der Waals surface area contributed by atoms with Crippen LogP contribution in [0.1, 0.15) is 106 Å². The van der Waals surface area contributed by atoms with Crippen molar-refractivity contribution >= 4 is 5.97 Å². The summed E-state index contributed by atoms with van der Waals surface area (Å²) < 4.78 is 35.4. The molecule has 11 N–H and O–H groups in total. The molecule has 18 nitrogen and oxygen atoms in total. The van der Waals surface area contributed by atoms with Crippen molar-refractivity contribution in [2.24, 2.45) is 56.7 Å². The summed E-state index contributed by atoms with van der Waals surface area (Å²) in [6.07, 6.45) is -15.4. The lowest BCUT2D eigenvalue weighted by molar-refractivity contribution is -0.332. The van der Waals surface area contributed by atoms with Crippen LogP contribution in [0.4, 0.5) is 0 Å². The van der Waals surface area contributed by atoms with Crippen LogP contribution < -0.4 is 0 Å². The first-order valence-corrected chi connectivity index (χ1v) is 24.4. The summed E-state index contributed by atoms with van der Waals surface area (Å²) in [5.41, 5.74) is -0.631. The summed E-state index contributed by atoms with van der Waals surface area (Å²) in [6.45, 7) is 16.5. The third-order valence-electron chi connectivity index (χ3n) is 19.7. The monoisotopic (exact) mass is 943 g/mol. The number of rotatable bonds is 10. The van der Waals surface area contributed by atoms with Gasteiger partial charge in [0.05, 0.1) is 31.3 Å². The molecule has 8 aliphatic rings. The molecule has 3 saturated heterocycles. The van der Waals surface area contributed by atoms with Gasteiger partial charge in [-0.25, -0.2) is 0 Å².